The molecule has 0 aliphatic carbocycles. The van der Waals surface area contributed by atoms with Gasteiger partial charge in [0.05, 0.1) is 4.92 Å². The van der Waals surface area contributed by atoms with Crippen molar-refractivity contribution >= 4 is 11.6 Å². The Hall–Kier alpha value is -2.77. The van der Waals surface area contributed by atoms with E-state index in [1.807, 2.05) is 25.1 Å². The number of non-ortho nitro benzene ring substituents is 1. The van der Waals surface area contributed by atoms with Gasteiger partial charge in [0, 0.05) is 36.8 Å². The lowest BCUT2D eigenvalue weighted by molar-refractivity contribution is -0.384. The number of hydrazine groups is 1. The number of nitrogens with one attached hydrogen (secondary N) is 1. The summed E-state index contributed by atoms with van der Waals surface area (Å²) < 4.78 is 5.89. The third-order valence-corrected chi connectivity index (χ3v) is 4.78. The number of hydrogen-bond donors (Lipinski definition) is 1. The largest absolute Gasteiger partial charge is 0.357 e. The van der Waals surface area contributed by atoms with Gasteiger partial charge >= 0.3 is 0 Å². The van der Waals surface area contributed by atoms with Crippen molar-refractivity contribution in [3.05, 3.63) is 75.8 Å². The topological polar surface area (TPSA) is 84.7 Å². The summed E-state index contributed by atoms with van der Waals surface area (Å²) in [6, 6.07) is 16.0. The number of hydrogen-bond acceptors (Lipinski definition) is 5. The molecule has 2 aromatic rings. The highest BCUT2D eigenvalue weighted by Gasteiger charge is 2.36. The number of aryl methyl sites for hydroxylation is 1. The number of ether oxygens (including phenoxy) is 1. The number of carbonyl (C=O) groups excluding carboxylic acids is 1. The lowest BCUT2D eigenvalue weighted by Crippen LogP contribution is -2.45. The summed E-state index contributed by atoms with van der Waals surface area (Å²) in [7, 11) is 0. The van der Waals surface area contributed by atoms with Gasteiger partial charge in [-0.3, -0.25) is 14.9 Å². The maximum Gasteiger partial charge on any atom is 0.270 e. The van der Waals surface area contributed by atoms with E-state index in [1.165, 1.54) is 34.8 Å². The van der Waals surface area contributed by atoms with Crippen LogP contribution < -0.4 is 5.43 Å². The average Bonchev–Trinajstić information content (AvgIpc) is 3.14. The Labute approximate surface area is 164 Å². The summed E-state index contributed by atoms with van der Waals surface area (Å²) in [5, 5.41) is 12.4. The number of benzene rings is 2. The van der Waals surface area contributed by atoms with Crippen LogP contribution in [-0.2, 0) is 11.2 Å². The van der Waals surface area contributed by atoms with Crippen LogP contribution in [0.4, 0.5) is 5.69 Å². The molecule has 1 saturated heterocycles. The van der Waals surface area contributed by atoms with Gasteiger partial charge in [-0.25, -0.2) is 10.4 Å². The number of nitro benzene ring substituents is 1. The second-order valence-corrected chi connectivity index (χ2v) is 6.89. The molecular weight excluding hydrogens is 358 g/mol. The Morgan fingerprint density at radius 2 is 1.93 bits per heavy atom. The van der Waals surface area contributed by atoms with Crippen molar-refractivity contribution in [3.63, 3.8) is 0 Å². The minimum absolute atomic E-state index is 0.0366. The first-order valence-electron chi connectivity index (χ1n) is 9.58. The number of carbonyl (C=O) groups is 1. The quantitative estimate of drug-likeness (QED) is 0.555. The molecule has 1 N–H and O–H groups in total. The molecule has 1 amide bonds. The predicted molar refractivity (Wildman–Crippen MR) is 106 cm³/mol. The Morgan fingerprint density at radius 3 is 2.57 bits per heavy atom. The molecule has 7 nitrogen and oxygen atoms in total. The van der Waals surface area contributed by atoms with Crippen molar-refractivity contribution < 1.29 is 14.5 Å². The van der Waals surface area contributed by atoms with Gasteiger partial charge in [0.1, 0.15) is 6.23 Å². The van der Waals surface area contributed by atoms with Crippen molar-refractivity contribution in [1.29, 1.82) is 0 Å². The molecule has 0 spiro atoms. The molecule has 2 aromatic carbocycles. The van der Waals surface area contributed by atoms with Crippen LogP contribution in [0, 0.1) is 10.1 Å². The van der Waals surface area contributed by atoms with E-state index in [4.69, 9.17) is 4.74 Å². The van der Waals surface area contributed by atoms with E-state index in [0.29, 0.717) is 18.6 Å². The Bertz CT molecular complexity index is 795. The van der Waals surface area contributed by atoms with E-state index in [9.17, 15) is 14.9 Å². The van der Waals surface area contributed by atoms with Crippen molar-refractivity contribution in [2.75, 3.05) is 6.61 Å². The van der Waals surface area contributed by atoms with Crippen LogP contribution in [0.15, 0.2) is 54.6 Å². The predicted octanol–water partition coefficient (Wildman–Crippen LogP) is 3.70. The van der Waals surface area contributed by atoms with Crippen molar-refractivity contribution in [2.24, 2.45) is 0 Å². The molecule has 2 unspecified atom stereocenters. The third kappa shape index (κ3) is 4.94. The molecular formula is C21H25N3O4. The monoisotopic (exact) mass is 383 g/mol. The van der Waals surface area contributed by atoms with Crippen molar-refractivity contribution in [2.45, 2.75) is 44.9 Å². The van der Waals surface area contributed by atoms with Crippen LogP contribution in [-0.4, -0.2) is 34.7 Å². The van der Waals surface area contributed by atoms with Gasteiger partial charge in [0.25, 0.3) is 11.6 Å². The van der Waals surface area contributed by atoms with E-state index in [1.54, 1.807) is 0 Å². The van der Waals surface area contributed by atoms with Crippen LogP contribution in [0.2, 0.25) is 0 Å². The third-order valence-electron chi connectivity index (χ3n) is 4.78. The van der Waals surface area contributed by atoms with E-state index in [2.05, 4.69) is 17.6 Å². The number of nitrogens with zero attached hydrogens (tertiary/aromatic N) is 2. The molecule has 1 aliphatic rings. The highest BCUT2D eigenvalue weighted by atomic mass is 16.6. The average molecular weight is 383 g/mol. The van der Waals surface area contributed by atoms with E-state index in [-0.39, 0.29) is 23.9 Å². The zero-order valence-corrected chi connectivity index (χ0v) is 15.9. The summed E-state index contributed by atoms with van der Waals surface area (Å²) in [6.07, 6.45) is 3.04. The molecule has 1 fully saturated rings. The molecule has 7 heteroatoms. The van der Waals surface area contributed by atoms with Crippen LogP contribution in [0.1, 0.15) is 42.1 Å². The van der Waals surface area contributed by atoms with Gasteiger partial charge in [0.2, 0.25) is 0 Å². The molecule has 3 rings (SSSR count). The number of amides is 1. The maximum atomic E-state index is 12.9. The SMILES string of the molecule is CCCOC1CC(CCc2ccccc2)NN1C(=O)c1ccc([N+](=O)[O-])cc1. The molecule has 1 aliphatic heterocycles. The molecule has 0 radical (unpaired) electrons. The Balaban J connectivity index is 1.67. The highest BCUT2D eigenvalue weighted by molar-refractivity contribution is 5.94. The van der Waals surface area contributed by atoms with Crippen molar-refractivity contribution in [1.82, 2.24) is 10.4 Å². The zero-order chi connectivity index (χ0) is 19.9. The van der Waals surface area contributed by atoms with Gasteiger partial charge in [-0.1, -0.05) is 37.3 Å². The first kappa shape index (κ1) is 20.0. The first-order chi connectivity index (χ1) is 13.6. The van der Waals surface area contributed by atoms with Crippen LogP contribution in [0.5, 0.6) is 0 Å². The minimum Gasteiger partial charge on any atom is -0.357 e. The fraction of sp³-hybridized carbons (Fsp3) is 0.381. The Kier molecular flexibility index (Phi) is 6.73. The molecule has 0 bridgehead atoms. The van der Waals surface area contributed by atoms with E-state index in [0.717, 1.165) is 19.3 Å². The highest BCUT2D eigenvalue weighted by Crippen LogP contribution is 2.23. The van der Waals surface area contributed by atoms with Gasteiger partial charge in [-0.2, -0.15) is 0 Å². The first-order valence-corrected chi connectivity index (χ1v) is 9.58. The Morgan fingerprint density at radius 1 is 1.21 bits per heavy atom. The summed E-state index contributed by atoms with van der Waals surface area (Å²) in [5.74, 6) is -0.238. The minimum atomic E-state index is -0.477. The van der Waals surface area contributed by atoms with Gasteiger partial charge in [-0.05, 0) is 37.0 Å². The zero-order valence-electron chi connectivity index (χ0n) is 15.9. The van der Waals surface area contributed by atoms with Crippen LogP contribution >= 0.6 is 0 Å². The summed E-state index contributed by atoms with van der Waals surface area (Å²) >= 11 is 0. The molecule has 0 aromatic heterocycles. The fourth-order valence-electron chi connectivity index (χ4n) is 3.30. The fourth-order valence-corrected chi connectivity index (χ4v) is 3.30. The summed E-state index contributed by atoms with van der Waals surface area (Å²) in [5.41, 5.74) is 4.90. The molecule has 28 heavy (non-hydrogen) atoms. The molecule has 0 saturated carbocycles. The van der Waals surface area contributed by atoms with Gasteiger partial charge < -0.3 is 4.74 Å². The normalized spacial score (nSPS) is 19.0. The lowest BCUT2D eigenvalue weighted by Gasteiger charge is -2.24. The van der Waals surface area contributed by atoms with Crippen LogP contribution in [0.3, 0.4) is 0 Å². The van der Waals surface area contributed by atoms with Crippen LogP contribution in [0.25, 0.3) is 0 Å². The van der Waals surface area contributed by atoms with Gasteiger partial charge in [-0.15, -0.1) is 0 Å². The summed E-state index contributed by atoms with van der Waals surface area (Å²) in [6.45, 7) is 2.60. The molecule has 2 atom stereocenters. The number of nitro groups is 1. The lowest BCUT2D eigenvalue weighted by atomic mass is 10.0. The smallest absolute Gasteiger partial charge is 0.270 e. The van der Waals surface area contributed by atoms with E-state index >= 15 is 0 Å². The summed E-state index contributed by atoms with van der Waals surface area (Å²) in [4.78, 5) is 23.3. The van der Waals surface area contributed by atoms with Crippen molar-refractivity contribution in [3.8, 4) is 0 Å². The molecule has 148 valence electrons. The second kappa shape index (κ2) is 9.43. The van der Waals surface area contributed by atoms with Gasteiger partial charge in [0.15, 0.2) is 0 Å². The maximum absolute atomic E-state index is 12.9. The van der Waals surface area contributed by atoms with E-state index < -0.39 is 4.92 Å². The molecule has 1 heterocycles. The second-order valence-electron chi connectivity index (χ2n) is 6.89. The number of rotatable bonds is 8. The standard InChI is InChI=1S/C21H25N3O4/c1-2-14-28-20-15-18(11-8-16-6-4-3-5-7-16)22-23(20)21(25)17-9-12-19(13-10-17)24(26)27/h3-7,9-10,12-13,18,20,22H,2,8,11,14-15H2,1H3.